The molecule has 0 fully saturated rings. The van der Waals surface area contributed by atoms with Gasteiger partial charge in [-0.05, 0) is 44.1 Å². The van der Waals surface area contributed by atoms with Gasteiger partial charge in [0.2, 0.25) is 0 Å². The van der Waals surface area contributed by atoms with E-state index in [1.54, 1.807) is 0 Å². The molecule has 0 amide bonds. The molecule has 3 nitrogen and oxygen atoms in total. The van der Waals surface area contributed by atoms with Crippen LogP contribution in [0.25, 0.3) is 0 Å². The van der Waals surface area contributed by atoms with E-state index in [2.05, 4.69) is 49.3 Å². The van der Waals surface area contributed by atoms with Crippen molar-refractivity contribution in [3.63, 3.8) is 0 Å². The molecule has 1 N–H and O–H groups in total. The van der Waals surface area contributed by atoms with Crippen LogP contribution in [0.5, 0.6) is 5.75 Å². The van der Waals surface area contributed by atoms with Crippen molar-refractivity contribution in [2.24, 2.45) is 0 Å². The molecule has 19 heavy (non-hydrogen) atoms. The topological polar surface area (TPSA) is 24.5 Å². The Hall–Kier alpha value is -1.06. The number of nitrogens with zero attached hydrogens (tertiary/aromatic N) is 1. The lowest BCUT2D eigenvalue weighted by molar-refractivity contribution is 0.311. The Morgan fingerprint density at radius 1 is 1.16 bits per heavy atom. The second kappa shape index (κ2) is 9.82. The Labute approximate surface area is 118 Å². The Kier molecular flexibility index (Phi) is 8.26. The molecular formula is C16H28N2O. The molecule has 108 valence electrons. The smallest absolute Gasteiger partial charge is 0.119 e. The maximum atomic E-state index is 5.66. The van der Waals surface area contributed by atoms with Crippen molar-refractivity contribution < 1.29 is 4.74 Å². The van der Waals surface area contributed by atoms with Gasteiger partial charge in [0.25, 0.3) is 0 Å². The van der Waals surface area contributed by atoms with Crippen LogP contribution in [0.4, 0.5) is 0 Å². The van der Waals surface area contributed by atoms with Gasteiger partial charge in [-0.15, -0.1) is 0 Å². The van der Waals surface area contributed by atoms with Crippen LogP contribution in [-0.4, -0.2) is 38.2 Å². The molecule has 1 aromatic carbocycles. The predicted octanol–water partition coefficient (Wildman–Crippen LogP) is 2.91. The maximum absolute atomic E-state index is 5.66. The normalized spacial score (nSPS) is 10.9. The predicted molar refractivity (Wildman–Crippen MR) is 81.7 cm³/mol. The van der Waals surface area contributed by atoms with E-state index in [0.717, 1.165) is 45.0 Å². The van der Waals surface area contributed by atoms with Gasteiger partial charge in [0.15, 0.2) is 0 Å². The van der Waals surface area contributed by atoms with E-state index >= 15 is 0 Å². The number of likely N-dealkylation sites (N-methyl/N-ethyl adjacent to an activating group) is 1. The molecular weight excluding hydrogens is 236 g/mol. The summed E-state index contributed by atoms with van der Waals surface area (Å²) < 4.78 is 5.66. The van der Waals surface area contributed by atoms with E-state index < -0.39 is 0 Å². The van der Waals surface area contributed by atoms with E-state index in [0.29, 0.717) is 0 Å². The lowest BCUT2D eigenvalue weighted by Gasteiger charge is -2.17. The second-order valence-electron chi connectivity index (χ2n) is 4.98. The number of benzene rings is 1. The number of hydrogen-bond donors (Lipinski definition) is 1. The molecule has 0 radical (unpaired) electrons. The van der Waals surface area contributed by atoms with Crippen molar-refractivity contribution in [1.82, 2.24) is 10.2 Å². The van der Waals surface area contributed by atoms with Gasteiger partial charge >= 0.3 is 0 Å². The molecule has 0 unspecified atom stereocenters. The van der Waals surface area contributed by atoms with Crippen LogP contribution in [0.15, 0.2) is 24.3 Å². The van der Waals surface area contributed by atoms with Gasteiger partial charge in [0.1, 0.15) is 5.75 Å². The first-order valence-electron chi connectivity index (χ1n) is 7.37. The van der Waals surface area contributed by atoms with Gasteiger partial charge in [-0.1, -0.05) is 26.0 Å². The van der Waals surface area contributed by atoms with Gasteiger partial charge in [-0.2, -0.15) is 0 Å². The van der Waals surface area contributed by atoms with Crippen LogP contribution in [0.1, 0.15) is 32.3 Å². The first-order valence-corrected chi connectivity index (χ1v) is 7.37. The minimum atomic E-state index is 0.792. The zero-order valence-corrected chi connectivity index (χ0v) is 12.6. The lowest BCUT2D eigenvalue weighted by atomic mass is 10.2. The molecule has 3 heteroatoms. The summed E-state index contributed by atoms with van der Waals surface area (Å²) in [6, 6.07) is 8.41. The lowest BCUT2D eigenvalue weighted by Crippen LogP contribution is -2.29. The zero-order valence-electron chi connectivity index (χ0n) is 12.6. The van der Waals surface area contributed by atoms with Gasteiger partial charge < -0.3 is 15.0 Å². The van der Waals surface area contributed by atoms with Crippen LogP contribution in [0, 0.1) is 0 Å². The average molecular weight is 264 g/mol. The Balaban J connectivity index is 2.34. The van der Waals surface area contributed by atoms with Gasteiger partial charge in [0, 0.05) is 19.6 Å². The third kappa shape index (κ3) is 7.19. The van der Waals surface area contributed by atoms with Crippen molar-refractivity contribution in [1.29, 1.82) is 0 Å². The van der Waals surface area contributed by atoms with Crippen LogP contribution in [0.3, 0.4) is 0 Å². The SMILES string of the molecule is CCCNCCN(C)Cc1cccc(OCCC)c1. The molecule has 0 saturated heterocycles. The summed E-state index contributed by atoms with van der Waals surface area (Å²) in [6.45, 7) is 9.31. The summed E-state index contributed by atoms with van der Waals surface area (Å²) >= 11 is 0. The molecule has 1 aromatic rings. The van der Waals surface area contributed by atoms with Crippen molar-refractivity contribution in [2.45, 2.75) is 33.2 Å². The van der Waals surface area contributed by atoms with E-state index in [-0.39, 0.29) is 0 Å². The van der Waals surface area contributed by atoms with Gasteiger partial charge in [-0.3, -0.25) is 0 Å². The van der Waals surface area contributed by atoms with Crippen molar-refractivity contribution in [3.05, 3.63) is 29.8 Å². The summed E-state index contributed by atoms with van der Waals surface area (Å²) in [4.78, 5) is 2.33. The molecule has 0 aliphatic rings. The molecule has 1 rings (SSSR count). The quantitative estimate of drug-likeness (QED) is 0.658. The molecule has 0 saturated carbocycles. The second-order valence-corrected chi connectivity index (χ2v) is 4.98. The minimum Gasteiger partial charge on any atom is -0.494 e. The summed E-state index contributed by atoms with van der Waals surface area (Å²) in [5.74, 6) is 0.983. The number of hydrogen-bond acceptors (Lipinski definition) is 3. The van der Waals surface area contributed by atoms with E-state index in [4.69, 9.17) is 4.74 Å². The van der Waals surface area contributed by atoms with Crippen LogP contribution < -0.4 is 10.1 Å². The highest BCUT2D eigenvalue weighted by Crippen LogP contribution is 2.14. The summed E-state index contributed by atoms with van der Waals surface area (Å²) in [6.07, 6.45) is 2.24. The summed E-state index contributed by atoms with van der Waals surface area (Å²) in [7, 11) is 2.16. The maximum Gasteiger partial charge on any atom is 0.119 e. The molecule has 0 aliphatic heterocycles. The highest BCUT2D eigenvalue weighted by Gasteiger charge is 2.01. The highest BCUT2D eigenvalue weighted by molar-refractivity contribution is 5.28. The summed E-state index contributed by atoms with van der Waals surface area (Å²) in [5.41, 5.74) is 1.31. The summed E-state index contributed by atoms with van der Waals surface area (Å²) in [5, 5.41) is 3.42. The number of rotatable bonds is 10. The van der Waals surface area contributed by atoms with Crippen molar-refractivity contribution in [2.75, 3.05) is 33.3 Å². The Morgan fingerprint density at radius 3 is 2.74 bits per heavy atom. The minimum absolute atomic E-state index is 0.792. The number of nitrogens with one attached hydrogen (secondary N) is 1. The fraction of sp³-hybridized carbons (Fsp3) is 0.625. The molecule has 0 bridgehead atoms. The van der Waals surface area contributed by atoms with Crippen LogP contribution >= 0.6 is 0 Å². The number of ether oxygens (including phenoxy) is 1. The zero-order chi connectivity index (χ0) is 13.9. The fourth-order valence-corrected chi connectivity index (χ4v) is 1.92. The highest BCUT2D eigenvalue weighted by atomic mass is 16.5. The van der Waals surface area contributed by atoms with E-state index in [1.807, 2.05) is 6.07 Å². The van der Waals surface area contributed by atoms with Crippen molar-refractivity contribution in [3.8, 4) is 5.75 Å². The Morgan fingerprint density at radius 2 is 2.00 bits per heavy atom. The van der Waals surface area contributed by atoms with Crippen molar-refractivity contribution >= 4 is 0 Å². The first kappa shape index (κ1) is 16.0. The Bertz CT molecular complexity index is 341. The molecule has 0 aliphatic carbocycles. The van der Waals surface area contributed by atoms with E-state index in [9.17, 15) is 0 Å². The molecule has 0 aromatic heterocycles. The largest absolute Gasteiger partial charge is 0.494 e. The fourth-order valence-electron chi connectivity index (χ4n) is 1.92. The van der Waals surface area contributed by atoms with Gasteiger partial charge in [-0.25, -0.2) is 0 Å². The van der Waals surface area contributed by atoms with Crippen LogP contribution in [-0.2, 0) is 6.54 Å². The third-order valence-electron chi connectivity index (χ3n) is 2.92. The van der Waals surface area contributed by atoms with Crippen LogP contribution in [0.2, 0.25) is 0 Å². The molecule has 0 heterocycles. The molecule has 0 atom stereocenters. The average Bonchev–Trinajstić information content (AvgIpc) is 2.42. The van der Waals surface area contributed by atoms with E-state index in [1.165, 1.54) is 12.0 Å². The monoisotopic (exact) mass is 264 g/mol. The van der Waals surface area contributed by atoms with Gasteiger partial charge in [0.05, 0.1) is 6.61 Å². The third-order valence-corrected chi connectivity index (χ3v) is 2.92. The standard InChI is InChI=1S/C16H28N2O/c1-4-9-17-10-11-18(3)14-15-7-6-8-16(13-15)19-12-5-2/h6-8,13,17H,4-5,9-12,14H2,1-3H3. The molecule has 0 spiro atoms. The first-order chi connectivity index (χ1) is 9.26.